The molecule has 1 aromatic rings. The predicted octanol–water partition coefficient (Wildman–Crippen LogP) is 1.93. The van der Waals surface area contributed by atoms with Crippen LogP contribution in [-0.4, -0.2) is 44.5 Å². The predicted molar refractivity (Wildman–Crippen MR) is 82.3 cm³/mol. The number of amides is 1. The number of nitrogens with zero attached hydrogens (tertiary/aromatic N) is 3. The normalized spacial score (nSPS) is 21.3. The molecule has 22 heavy (non-hydrogen) atoms. The zero-order valence-corrected chi connectivity index (χ0v) is 13.4. The highest BCUT2D eigenvalue weighted by Crippen LogP contribution is 2.28. The molecule has 1 N–H and O–H groups in total. The fourth-order valence-corrected chi connectivity index (χ4v) is 3.22. The monoisotopic (exact) mass is 307 g/mol. The standard InChI is InChI=1S/C16H25N3O3/c1-3-5-13-10-19(11-14(13)16(21)22)15(20)6-4-8-18-9-7-17-12(18)2/h7,9,13-14H,3-6,8,10-11H2,1-2H3,(H,21,22)/t13-,14-/m1/s1. The molecule has 0 aromatic carbocycles. The first kappa shape index (κ1) is 16.5. The third kappa shape index (κ3) is 3.87. The molecule has 2 atom stereocenters. The summed E-state index contributed by atoms with van der Waals surface area (Å²) in [5.41, 5.74) is 0. The number of imidazole rings is 1. The maximum atomic E-state index is 12.3. The van der Waals surface area contributed by atoms with Crippen molar-refractivity contribution >= 4 is 11.9 Å². The second kappa shape index (κ2) is 7.42. The van der Waals surface area contributed by atoms with E-state index in [1.807, 2.05) is 17.7 Å². The van der Waals surface area contributed by atoms with E-state index in [0.717, 1.165) is 31.6 Å². The first-order valence-electron chi connectivity index (χ1n) is 8.01. The molecule has 6 heteroatoms. The average molecular weight is 307 g/mol. The third-order valence-electron chi connectivity index (χ3n) is 4.48. The van der Waals surface area contributed by atoms with Crippen molar-refractivity contribution in [2.75, 3.05) is 13.1 Å². The Labute approximate surface area is 131 Å². The van der Waals surface area contributed by atoms with Crippen LogP contribution in [0.5, 0.6) is 0 Å². The molecule has 0 unspecified atom stereocenters. The van der Waals surface area contributed by atoms with Crippen LogP contribution in [0, 0.1) is 18.8 Å². The van der Waals surface area contributed by atoms with Crippen LogP contribution in [0.3, 0.4) is 0 Å². The molecular weight excluding hydrogens is 282 g/mol. The molecule has 6 nitrogen and oxygen atoms in total. The van der Waals surface area contributed by atoms with Gasteiger partial charge in [0.1, 0.15) is 5.82 Å². The summed E-state index contributed by atoms with van der Waals surface area (Å²) < 4.78 is 2.03. The van der Waals surface area contributed by atoms with Gasteiger partial charge in [0.25, 0.3) is 0 Å². The van der Waals surface area contributed by atoms with Gasteiger partial charge < -0.3 is 14.6 Å². The molecule has 0 radical (unpaired) electrons. The van der Waals surface area contributed by atoms with E-state index in [0.29, 0.717) is 19.5 Å². The molecule has 122 valence electrons. The Morgan fingerprint density at radius 1 is 1.41 bits per heavy atom. The maximum absolute atomic E-state index is 12.3. The lowest BCUT2D eigenvalue weighted by Crippen LogP contribution is -2.29. The van der Waals surface area contributed by atoms with Gasteiger partial charge in [-0.1, -0.05) is 13.3 Å². The minimum atomic E-state index is -0.775. The van der Waals surface area contributed by atoms with Gasteiger partial charge in [-0.15, -0.1) is 0 Å². The number of aryl methyl sites for hydroxylation is 2. The molecule has 2 rings (SSSR count). The molecule has 1 aliphatic rings. The van der Waals surface area contributed by atoms with Gasteiger partial charge in [-0.2, -0.15) is 0 Å². The smallest absolute Gasteiger partial charge is 0.308 e. The minimum absolute atomic E-state index is 0.0719. The van der Waals surface area contributed by atoms with Crippen LogP contribution >= 0.6 is 0 Å². The lowest BCUT2D eigenvalue weighted by atomic mass is 9.92. The van der Waals surface area contributed by atoms with Gasteiger partial charge >= 0.3 is 5.97 Å². The van der Waals surface area contributed by atoms with Crippen LogP contribution < -0.4 is 0 Å². The Balaban J connectivity index is 1.82. The van der Waals surface area contributed by atoms with Crippen molar-refractivity contribution in [3.05, 3.63) is 18.2 Å². The SMILES string of the molecule is CCC[C@@H]1CN(C(=O)CCCn2ccnc2C)C[C@H]1C(=O)O. The van der Waals surface area contributed by atoms with Gasteiger partial charge in [0.2, 0.25) is 5.91 Å². The van der Waals surface area contributed by atoms with E-state index >= 15 is 0 Å². The molecule has 0 bridgehead atoms. The molecule has 0 saturated carbocycles. The van der Waals surface area contributed by atoms with E-state index in [2.05, 4.69) is 11.9 Å². The number of carbonyl (C=O) groups excluding carboxylic acids is 1. The Kier molecular flexibility index (Phi) is 5.57. The first-order valence-corrected chi connectivity index (χ1v) is 8.01. The number of hydrogen-bond donors (Lipinski definition) is 1. The number of hydrogen-bond acceptors (Lipinski definition) is 3. The number of likely N-dealkylation sites (tertiary alicyclic amines) is 1. The summed E-state index contributed by atoms with van der Waals surface area (Å²) in [4.78, 5) is 29.5. The second-order valence-electron chi connectivity index (χ2n) is 6.06. The lowest BCUT2D eigenvalue weighted by Gasteiger charge is -2.16. The van der Waals surface area contributed by atoms with E-state index in [1.54, 1.807) is 11.1 Å². The summed E-state index contributed by atoms with van der Waals surface area (Å²) in [7, 11) is 0. The van der Waals surface area contributed by atoms with Crippen LogP contribution in [0.15, 0.2) is 12.4 Å². The van der Waals surface area contributed by atoms with Gasteiger partial charge in [-0.3, -0.25) is 9.59 Å². The van der Waals surface area contributed by atoms with Gasteiger partial charge in [0.15, 0.2) is 0 Å². The Bertz CT molecular complexity index is 526. The van der Waals surface area contributed by atoms with Crippen LogP contribution in [0.4, 0.5) is 0 Å². The molecule has 1 amide bonds. The molecule has 1 aliphatic heterocycles. The van der Waals surface area contributed by atoms with E-state index in [4.69, 9.17) is 0 Å². The highest BCUT2D eigenvalue weighted by Gasteiger charge is 2.38. The van der Waals surface area contributed by atoms with Gasteiger partial charge in [0.05, 0.1) is 5.92 Å². The molecule has 1 aromatic heterocycles. The van der Waals surface area contributed by atoms with E-state index in [9.17, 15) is 14.7 Å². The molecule has 0 aliphatic carbocycles. The number of aliphatic carboxylic acids is 1. The zero-order valence-electron chi connectivity index (χ0n) is 13.4. The summed E-state index contributed by atoms with van der Waals surface area (Å²) in [5.74, 6) is -0.0601. The van der Waals surface area contributed by atoms with Crippen LogP contribution in [0.2, 0.25) is 0 Å². The topological polar surface area (TPSA) is 75.4 Å². The van der Waals surface area contributed by atoms with E-state index < -0.39 is 11.9 Å². The summed E-state index contributed by atoms with van der Waals surface area (Å²) in [5, 5.41) is 9.29. The molecule has 2 heterocycles. The quantitative estimate of drug-likeness (QED) is 0.835. The molecular formula is C16H25N3O3. The summed E-state index contributed by atoms with van der Waals surface area (Å²) in [6, 6.07) is 0. The first-order chi connectivity index (χ1) is 10.5. The van der Waals surface area contributed by atoms with Crippen LogP contribution in [0.25, 0.3) is 0 Å². The van der Waals surface area contributed by atoms with Crippen molar-refractivity contribution in [1.29, 1.82) is 0 Å². The Morgan fingerprint density at radius 3 is 2.77 bits per heavy atom. The summed E-state index contributed by atoms with van der Waals surface area (Å²) >= 11 is 0. The van der Waals surface area contributed by atoms with E-state index in [-0.39, 0.29) is 11.8 Å². The number of aromatic nitrogens is 2. The number of carbonyl (C=O) groups is 2. The van der Waals surface area contributed by atoms with Crippen molar-refractivity contribution in [1.82, 2.24) is 14.5 Å². The number of carboxylic acids is 1. The second-order valence-corrected chi connectivity index (χ2v) is 6.06. The van der Waals surface area contributed by atoms with Crippen molar-refractivity contribution in [3.8, 4) is 0 Å². The van der Waals surface area contributed by atoms with Gasteiger partial charge in [0, 0.05) is 38.4 Å². The van der Waals surface area contributed by atoms with Crippen molar-refractivity contribution < 1.29 is 14.7 Å². The van der Waals surface area contributed by atoms with E-state index in [1.165, 1.54) is 0 Å². The molecule has 1 saturated heterocycles. The minimum Gasteiger partial charge on any atom is -0.481 e. The summed E-state index contributed by atoms with van der Waals surface area (Å²) in [6.07, 6.45) is 6.70. The van der Waals surface area contributed by atoms with Gasteiger partial charge in [-0.25, -0.2) is 4.98 Å². The fourth-order valence-electron chi connectivity index (χ4n) is 3.22. The molecule has 1 fully saturated rings. The fraction of sp³-hybridized carbons (Fsp3) is 0.688. The Hall–Kier alpha value is -1.85. The highest BCUT2D eigenvalue weighted by molar-refractivity contribution is 5.79. The van der Waals surface area contributed by atoms with Crippen molar-refractivity contribution in [2.45, 2.75) is 46.1 Å². The number of carboxylic acid groups (broad SMARTS) is 1. The summed E-state index contributed by atoms with van der Waals surface area (Å²) in [6.45, 7) is 5.72. The zero-order chi connectivity index (χ0) is 16.1. The van der Waals surface area contributed by atoms with Gasteiger partial charge in [-0.05, 0) is 25.7 Å². The molecule has 0 spiro atoms. The maximum Gasteiger partial charge on any atom is 0.308 e. The van der Waals surface area contributed by atoms with Crippen molar-refractivity contribution in [3.63, 3.8) is 0 Å². The van der Waals surface area contributed by atoms with Crippen LogP contribution in [0.1, 0.15) is 38.4 Å². The Morgan fingerprint density at radius 2 is 2.18 bits per heavy atom. The number of rotatable bonds is 7. The largest absolute Gasteiger partial charge is 0.481 e. The average Bonchev–Trinajstić information content (AvgIpc) is 3.06. The third-order valence-corrected chi connectivity index (χ3v) is 4.48. The van der Waals surface area contributed by atoms with Crippen molar-refractivity contribution in [2.24, 2.45) is 11.8 Å². The highest BCUT2D eigenvalue weighted by atomic mass is 16.4. The lowest BCUT2D eigenvalue weighted by molar-refractivity contribution is -0.142. The van der Waals surface area contributed by atoms with Crippen LogP contribution in [-0.2, 0) is 16.1 Å².